The molecule has 2 N–H and O–H groups in total. The molecule has 0 aliphatic rings. The summed E-state index contributed by atoms with van der Waals surface area (Å²) in [6.45, 7) is 3.54. The number of hydrogen-bond donors (Lipinski definition) is 2. The molecule has 0 radical (unpaired) electrons. The summed E-state index contributed by atoms with van der Waals surface area (Å²) < 4.78 is 32.1. The van der Waals surface area contributed by atoms with E-state index in [9.17, 15) is 13.2 Å². The van der Waals surface area contributed by atoms with Gasteiger partial charge in [0.1, 0.15) is 5.75 Å². The van der Waals surface area contributed by atoms with Crippen LogP contribution in [0.1, 0.15) is 19.4 Å². The number of ether oxygens (including phenoxy) is 1. The Bertz CT molecular complexity index is 900. The van der Waals surface area contributed by atoms with Crippen LogP contribution in [0.4, 0.5) is 0 Å². The van der Waals surface area contributed by atoms with E-state index in [4.69, 9.17) is 27.9 Å². The fourth-order valence-electron chi connectivity index (χ4n) is 2.14. The molecule has 27 heavy (non-hydrogen) atoms. The summed E-state index contributed by atoms with van der Waals surface area (Å²) in [5.41, 5.74) is 0.901. The van der Waals surface area contributed by atoms with Gasteiger partial charge in [-0.05, 0) is 49.7 Å². The van der Waals surface area contributed by atoms with E-state index in [0.717, 1.165) is 5.56 Å². The first-order valence-corrected chi connectivity index (χ1v) is 10.4. The van der Waals surface area contributed by atoms with Gasteiger partial charge in [-0.15, -0.1) is 0 Å². The molecule has 0 heterocycles. The lowest BCUT2D eigenvalue weighted by molar-refractivity contribution is -0.123. The van der Waals surface area contributed by atoms with E-state index in [0.29, 0.717) is 11.6 Å². The normalized spacial score (nSPS) is 11.4. The summed E-state index contributed by atoms with van der Waals surface area (Å²) in [5.74, 6) is -0.110. The Morgan fingerprint density at radius 1 is 1.11 bits per heavy atom. The maximum absolute atomic E-state index is 12.1. The molecule has 0 saturated carbocycles. The highest BCUT2D eigenvalue weighted by molar-refractivity contribution is 7.89. The van der Waals surface area contributed by atoms with Gasteiger partial charge in [-0.2, -0.15) is 0 Å². The molecule has 2 aromatic rings. The standard InChI is InChI=1S/C18H20Cl2N2O4S/c1-12(2)22-27(24,25)15-7-8-17(16(20)9-15)26-11-18(23)21-10-13-3-5-14(19)6-4-13/h3-9,12,22H,10-11H2,1-2H3,(H,21,23). The number of halogens is 2. The summed E-state index contributed by atoms with van der Waals surface area (Å²) in [6, 6.07) is 10.9. The Hall–Kier alpha value is -1.80. The van der Waals surface area contributed by atoms with Crippen molar-refractivity contribution in [2.75, 3.05) is 6.61 Å². The third-order valence-corrected chi connectivity index (χ3v) is 5.57. The average Bonchev–Trinajstić information content (AvgIpc) is 2.59. The van der Waals surface area contributed by atoms with Gasteiger partial charge < -0.3 is 10.1 Å². The maximum atomic E-state index is 12.1. The average molecular weight is 431 g/mol. The van der Waals surface area contributed by atoms with E-state index < -0.39 is 10.0 Å². The highest BCUT2D eigenvalue weighted by Crippen LogP contribution is 2.27. The van der Waals surface area contributed by atoms with Crippen LogP contribution in [-0.2, 0) is 21.4 Å². The number of sulfonamides is 1. The molecule has 0 unspecified atom stereocenters. The van der Waals surface area contributed by atoms with Gasteiger partial charge in [0.05, 0.1) is 9.92 Å². The Balaban J connectivity index is 1.91. The van der Waals surface area contributed by atoms with Crippen LogP contribution < -0.4 is 14.8 Å². The highest BCUT2D eigenvalue weighted by Gasteiger charge is 2.17. The van der Waals surface area contributed by atoms with Crippen molar-refractivity contribution < 1.29 is 17.9 Å². The fourth-order valence-corrected chi connectivity index (χ4v) is 3.84. The van der Waals surface area contributed by atoms with Crippen molar-refractivity contribution >= 4 is 39.1 Å². The van der Waals surface area contributed by atoms with Crippen LogP contribution in [0.25, 0.3) is 0 Å². The fraction of sp³-hybridized carbons (Fsp3) is 0.278. The van der Waals surface area contributed by atoms with Gasteiger partial charge >= 0.3 is 0 Å². The molecule has 0 aliphatic heterocycles. The van der Waals surface area contributed by atoms with Crippen molar-refractivity contribution in [1.29, 1.82) is 0 Å². The Kier molecular flexibility index (Phi) is 7.49. The smallest absolute Gasteiger partial charge is 0.258 e. The first kappa shape index (κ1) is 21.5. The second-order valence-electron chi connectivity index (χ2n) is 6.06. The zero-order valence-electron chi connectivity index (χ0n) is 14.8. The van der Waals surface area contributed by atoms with Gasteiger partial charge in [0.25, 0.3) is 5.91 Å². The molecule has 0 saturated heterocycles. The third kappa shape index (κ3) is 6.70. The van der Waals surface area contributed by atoms with E-state index in [-0.39, 0.29) is 34.2 Å². The molecule has 9 heteroatoms. The van der Waals surface area contributed by atoms with Gasteiger partial charge in [0.2, 0.25) is 10.0 Å². The first-order chi connectivity index (χ1) is 12.7. The molecule has 0 aliphatic carbocycles. The molecule has 146 valence electrons. The van der Waals surface area contributed by atoms with Crippen LogP contribution in [0.3, 0.4) is 0 Å². The minimum absolute atomic E-state index is 0.0285. The molecule has 6 nitrogen and oxygen atoms in total. The third-order valence-electron chi connectivity index (χ3n) is 3.37. The Morgan fingerprint density at radius 2 is 1.78 bits per heavy atom. The minimum atomic E-state index is -3.65. The molecule has 0 bridgehead atoms. The maximum Gasteiger partial charge on any atom is 0.258 e. The van der Waals surface area contributed by atoms with E-state index in [1.54, 1.807) is 26.0 Å². The number of hydrogen-bond acceptors (Lipinski definition) is 4. The number of rotatable bonds is 8. The second kappa shape index (κ2) is 9.41. The number of benzene rings is 2. The summed E-state index contributed by atoms with van der Waals surface area (Å²) >= 11 is 11.9. The number of amides is 1. The van der Waals surface area contributed by atoms with Gasteiger partial charge in [0, 0.05) is 17.6 Å². The Labute approximate surface area is 168 Å². The van der Waals surface area contributed by atoms with Crippen molar-refractivity contribution in [1.82, 2.24) is 10.0 Å². The lowest BCUT2D eigenvalue weighted by Crippen LogP contribution is -2.30. The van der Waals surface area contributed by atoms with Gasteiger partial charge in [0.15, 0.2) is 6.61 Å². The topological polar surface area (TPSA) is 84.5 Å². The summed E-state index contributed by atoms with van der Waals surface area (Å²) in [6.07, 6.45) is 0. The van der Waals surface area contributed by atoms with E-state index in [2.05, 4.69) is 10.0 Å². The van der Waals surface area contributed by atoms with Gasteiger partial charge in [-0.1, -0.05) is 35.3 Å². The lowest BCUT2D eigenvalue weighted by Gasteiger charge is -2.12. The molecule has 2 aromatic carbocycles. The van der Waals surface area contributed by atoms with Crippen LogP contribution in [0.15, 0.2) is 47.4 Å². The number of carbonyl (C=O) groups is 1. The van der Waals surface area contributed by atoms with E-state index in [1.165, 1.54) is 18.2 Å². The molecule has 0 atom stereocenters. The largest absolute Gasteiger partial charge is 0.482 e. The van der Waals surface area contributed by atoms with Crippen LogP contribution >= 0.6 is 23.2 Å². The second-order valence-corrected chi connectivity index (χ2v) is 8.62. The molecule has 0 aromatic heterocycles. The van der Waals surface area contributed by atoms with Crippen molar-refractivity contribution in [2.45, 2.75) is 31.3 Å². The summed E-state index contributed by atoms with van der Waals surface area (Å²) in [5, 5.41) is 3.44. The molecular weight excluding hydrogens is 411 g/mol. The number of carbonyl (C=O) groups excluding carboxylic acids is 1. The van der Waals surface area contributed by atoms with Crippen LogP contribution in [0.2, 0.25) is 10.0 Å². The van der Waals surface area contributed by atoms with Gasteiger partial charge in [-0.25, -0.2) is 13.1 Å². The minimum Gasteiger partial charge on any atom is -0.482 e. The molecule has 2 rings (SSSR count). The van der Waals surface area contributed by atoms with Gasteiger partial charge in [-0.3, -0.25) is 4.79 Å². The predicted molar refractivity (Wildman–Crippen MR) is 106 cm³/mol. The quantitative estimate of drug-likeness (QED) is 0.671. The van der Waals surface area contributed by atoms with Crippen LogP contribution in [0.5, 0.6) is 5.75 Å². The van der Waals surface area contributed by atoms with E-state index >= 15 is 0 Å². The lowest BCUT2D eigenvalue weighted by atomic mass is 10.2. The molecule has 0 spiro atoms. The monoisotopic (exact) mass is 430 g/mol. The van der Waals surface area contributed by atoms with Crippen molar-refractivity contribution in [3.05, 3.63) is 58.1 Å². The highest BCUT2D eigenvalue weighted by atomic mass is 35.5. The van der Waals surface area contributed by atoms with Crippen molar-refractivity contribution in [3.63, 3.8) is 0 Å². The zero-order valence-corrected chi connectivity index (χ0v) is 17.2. The van der Waals surface area contributed by atoms with Crippen molar-refractivity contribution in [3.8, 4) is 5.75 Å². The first-order valence-electron chi connectivity index (χ1n) is 8.13. The molecular formula is C18H20Cl2N2O4S. The SMILES string of the molecule is CC(C)NS(=O)(=O)c1ccc(OCC(=O)NCc2ccc(Cl)cc2)c(Cl)c1. The molecule has 1 amide bonds. The van der Waals surface area contributed by atoms with Crippen LogP contribution in [-0.4, -0.2) is 27.0 Å². The predicted octanol–water partition coefficient (Wildman–Crippen LogP) is 3.38. The molecule has 0 fully saturated rings. The van der Waals surface area contributed by atoms with Crippen molar-refractivity contribution in [2.24, 2.45) is 0 Å². The Morgan fingerprint density at radius 3 is 2.37 bits per heavy atom. The zero-order chi connectivity index (χ0) is 20.0. The summed E-state index contributed by atoms with van der Waals surface area (Å²) in [4.78, 5) is 11.9. The summed E-state index contributed by atoms with van der Waals surface area (Å²) in [7, 11) is -3.65. The number of nitrogens with one attached hydrogen (secondary N) is 2. The van der Waals surface area contributed by atoms with Crippen LogP contribution in [0, 0.1) is 0 Å². The van der Waals surface area contributed by atoms with E-state index in [1.807, 2.05) is 12.1 Å².